The van der Waals surface area contributed by atoms with E-state index in [1.807, 2.05) is 25.3 Å². The van der Waals surface area contributed by atoms with Crippen molar-refractivity contribution in [3.63, 3.8) is 0 Å². The summed E-state index contributed by atoms with van der Waals surface area (Å²) >= 11 is 0. The first-order valence-corrected chi connectivity index (χ1v) is 6.23. The maximum Gasteiger partial charge on any atom is 0.163 e. The summed E-state index contributed by atoms with van der Waals surface area (Å²) in [6, 6.07) is 8.19. The third-order valence-corrected chi connectivity index (χ3v) is 3.31. The summed E-state index contributed by atoms with van der Waals surface area (Å²) in [5.41, 5.74) is 3.21. The van der Waals surface area contributed by atoms with Gasteiger partial charge in [-0.1, -0.05) is 24.6 Å². The van der Waals surface area contributed by atoms with Crippen LogP contribution in [0.15, 0.2) is 36.0 Å². The summed E-state index contributed by atoms with van der Waals surface area (Å²) in [6.45, 7) is 4.08. The molecule has 2 rings (SSSR count). The second-order valence-corrected chi connectivity index (χ2v) is 4.84. The number of Topliss-reactive ketones (excluding diaryl/α,β-unsaturated/α-hetero) is 1. The van der Waals surface area contributed by atoms with Gasteiger partial charge in [0.2, 0.25) is 0 Å². The number of nitrogens with one attached hydrogen (secondary N) is 1. The molecule has 0 saturated heterocycles. The molecule has 0 amide bonds. The summed E-state index contributed by atoms with van der Waals surface area (Å²) in [4.78, 5) is 11.9. The number of anilines is 1. The fraction of sp³-hybridized carbons (Fsp3) is 0.400. The van der Waals surface area contributed by atoms with E-state index in [0.717, 1.165) is 30.5 Å². The lowest BCUT2D eigenvalue weighted by molar-refractivity contribution is -0.119. The van der Waals surface area contributed by atoms with Gasteiger partial charge in [0.05, 0.1) is 0 Å². The van der Waals surface area contributed by atoms with Gasteiger partial charge in [0.15, 0.2) is 5.78 Å². The Morgan fingerprint density at radius 1 is 1.29 bits per heavy atom. The Morgan fingerprint density at radius 3 is 2.71 bits per heavy atom. The molecule has 1 aliphatic carbocycles. The van der Waals surface area contributed by atoms with Gasteiger partial charge in [-0.2, -0.15) is 0 Å². The molecule has 0 radical (unpaired) electrons. The predicted octanol–water partition coefficient (Wildman–Crippen LogP) is 3.68. The van der Waals surface area contributed by atoms with E-state index in [0.29, 0.717) is 5.78 Å². The summed E-state index contributed by atoms with van der Waals surface area (Å²) < 4.78 is 0. The molecule has 1 aromatic rings. The van der Waals surface area contributed by atoms with Gasteiger partial charge in [0.1, 0.15) is 0 Å². The van der Waals surface area contributed by atoms with E-state index in [4.69, 9.17) is 0 Å². The first kappa shape index (κ1) is 11.9. The topological polar surface area (TPSA) is 29.1 Å². The molecule has 0 bridgehead atoms. The molecular formula is C15H19NO. The van der Waals surface area contributed by atoms with Crippen LogP contribution in [-0.2, 0) is 4.79 Å². The number of ketones is 1. The van der Waals surface area contributed by atoms with Crippen LogP contribution >= 0.6 is 0 Å². The zero-order valence-electron chi connectivity index (χ0n) is 10.5. The Morgan fingerprint density at radius 2 is 2.00 bits per heavy atom. The zero-order valence-corrected chi connectivity index (χ0v) is 10.5. The van der Waals surface area contributed by atoms with E-state index in [-0.39, 0.29) is 5.92 Å². The first-order chi connectivity index (χ1) is 8.16. The van der Waals surface area contributed by atoms with Crippen molar-refractivity contribution in [1.29, 1.82) is 0 Å². The van der Waals surface area contributed by atoms with Crippen LogP contribution < -0.4 is 5.32 Å². The average Bonchev–Trinajstić information content (AvgIpc) is 2.33. The van der Waals surface area contributed by atoms with Gasteiger partial charge < -0.3 is 5.32 Å². The molecule has 1 N–H and O–H groups in total. The molecule has 1 saturated carbocycles. The highest BCUT2D eigenvalue weighted by molar-refractivity contribution is 5.97. The molecule has 1 fully saturated rings. The van der Waals surface area contributed by atoms with E-state index in [1.165, 1.54) is 5.56 Å². The van der Waals surface area contributed by atoms with Crippen LogP contribution in [0.25, 0.3) is 0 Å². The average molecular weight is 229 g/mol. The molecule has 2 nitrogen and oxygen atoms in total. The van der Waals surface area contributed by atoms with Gasteiger partial charge in [-0.05, 0) is 38.3 Å². The van der Waals surface area contributed by atoms with Crippen LogP contribution in [0.1, 0.15) is 31.7 Å². The lowest BCUT2D eigenvalue weighted by atomic mass is 9.86. The van der Waals surface area contributed by atoms with Crippen molar-refractivity contribution in [2.75, 3.05) is 5.32 Å². The van der Waals surface area contributed by atoms with Crippen LogP contribution in [0.3, 0.4) is 0 Å². The molecule has 1 atom stereocenters. The van der Waals surface area contributed by atoms with Gasteiger partial charge in [-0.25, -0.2) is 0 Å². The minimum Gasteiger partial charge on any atom is -0.361 e. The number of hydrogen-bond acceptors (Lipinski definition) is 2. The van der Waals surface area contributed by atoms with Crippen molar-refractivity contribution in [1.82, 2.24) is 0 Å². The van der Waals surface area contributed by atoms with Crippen molar-refractivity contribution in [2.45, 2.75) is 33.1 Å². The highest BCUT2D eigenvalue weighted by Gasteiger charge is 2.22. The molecule has 17 heavy (non-hydrogen) atoms. The quantitative estimate of drug-likeness (QED) is 0.784. The Hall–Kier alpha value is -1.57. The monoisotopic (exact) mass is 229 g/mol. The molecule has 0 unspecified atom stereocenters. The number of carbonyl (C=O) groups is 1. The normalized spacial score (nSPS) is 22.8. The third kappa shape index (κ3) is 2.96. The highest BCUT2D eigenvalue weighted by atomic mass is 16.1. The van der Waals surface area contributed by atoms with Gasteiger partial charge in [-0.3, -0.25) is 4.79 Å². The minimum atomic E-state index is 0.190. The number of rotatable bonds is 2. The SMILES string of the molecule is Cc1ccc(N/C=C2/CCC[C@@H](C)C2=O)cc1. The number of aryl methyl sites for hydroxylation is 1. The second-order valence-electron chi connectivity index (χ2n) is 4.84. The lowest BCUT2D eigenvalue weighted by Crippen LogP contribution is -2.19. The summed E-state index contributed by atoms with van der Waals surface area (Å²) in [5, 5.41) is 3.21. The molecule has 0 spiro atoms. The molecule has 1 aliphatic rings. The number of carbonyl (C=O) groups excluding carboxylic acids is 1. The standard InChI is InChI=1S/C15H19NO/c1-11-6-8-14(9-7-11)16-10-13-5-3-4-12(2)15(13)17/h6-10,12,16H,3-5H2,1-2H3/b13-10-/t12-/m1/s1. The van der Waals surface area contributed by atoms with Crippen molar-refractivity contribution >= 4 is 11.5 Å². The van der Waals surface area contributed by atoms with Gasteiger partial charge in [0, 0.05) is 23.4 Å². The summed E-state index contributed by atoms with van der Waals surface area (Å²) in [5.74, 6) is 0.491. The molecule has 0 aliphatic heterocycles. The first-order valence-electron chi connectivity index (χ1n) is 6.23. The van der Waals surface area contributed by atoms with E-state index in [2.05, 4.69) is 24.4 Å². The fourth-order valence-corrected chi connectivity index (χ4v) is 2.13. The predicted molar refractivity (Wildman–Crippen MR) is 70.9 cm³/mol. The summed E-state index contributed by atoms with van der Waals surface area (Å²) in [7, 11) is 0. The van der Waals surface area contributed by atoms with Crippen molar-refractivity contribution in [2.24, 2.45) is 5.92 Å². The molecule has 2 heteroatoms. The second kappa shape index (κ2) is 5.17. The van der Waals surface area contributed by atoms with Gasteiger partial charge >= 0.3 is 0 Å². The smallest absolute Gasteiger partial charge is 0.163 e. The van der Waals surface area contributed by atoms with Crippen molar-refractivity contribution in [3.8, 4) is 0 Å². The van der Waals surface area contributed by atoms with Crippen LogP contribution in [0.5, 0.6) is 0 Å². The molecule has 1 aromatic carbocycles. The van der Waals surface area contributed by atoms with Crippen LogP contribution in [-0.4, -0.2) is 5.78 Å². The molecule has 90 valence electrons. The van der Waals surface area contributed by atoms with E-state index in [9.17, 15) is 4.79 Å². The zero-order chi connectivity index (χ0) is 12.3. The van der Waals surface area contributed by atoms with Crippen molar-refractivity contribution < 1.29 is 4.79 Å². The Kier molecular flexibility index (Phi) is 3.62. The van der Waals surface area contributed by atoms with E-state index >= 15 is 0 Å². The van der Waals surface area contributed by atoms with E-state index < -0.39 is 0 Å². The molecule has 0 aromatic heterocycles. The third-order valence-electron chi connectivity index (χ3n) is 3.31. The van der Waals surface area contributed by atoms with Crippen LogP contribution in [0.4, 0.5) is 5.69 Å². The van der Waals surface area contributed by atoms with Gasteiger partial charge in [0.25, 0.3) is 0 Å². The Labute approximate surface area is 103 Å². The summed E-state index contributed by atoms with van der Waals surface area (Å²) in [6.07, 6.45) is 4.93. The number of allylic oxidation sites excluding steroid dienone is 1. The number of hydrogen-bond donors (Lipinski definition) is 1. The number of benzene rings is 1. The maximum atomic E-state index is 11.9. The van der Waals surface area contributed by atoms with Gasteiger partial charge in [-0.15, -0.1) is 0 Å². The Bertz CT molecular complexity index is 431. The van der Waals surface area contributed by atoms with Crippen molar-refractivity contribution in [3.05, 3.63) is 41.6 Å². The fourth-order valence-electron chi connectivity index (χ4n) is 2.13. The minimum absolute atomic E-state index is 0.190. The lowest BCUT2D eigenvalue weighted by Gasteiger charge is -2.19. The highest BCUT2D eigenvalue weighted by Crippen LogP contribution is 2.24. The van der Waals surface area contributed by atoms with Crippen LogP contribution in [0.2, 0.25) is 0 Å². The largest absolute Gasteiger partial charge is 0.361 e. The molecule has 0 heterocycles. The Balaban J connectivity index is 2.04. The van der Waals surface area contributed by atoms with E-state index in [1.54, 1.807) is 0 Å². The maximum absolute atomic E-state index is 11.9. The molecular weight excluding hydrogens is 210 g/mol. The van der Waals surface area contributed by atoms with Crippen LogP contribution in [0, 0.1) is 12.8 Å².